The van der Waals surface area contributed by atoms with Crippen LogP contribution in [0, 0.1) is 0 Å². The molecule has 5 aromatic rings. The Morgan fingerprint density at radius 2 is 1.60 bits per heavy atom. The number of aromatic amines is 2. The van der Waals surface area contributed by atoms with Crippen LogP contribution in [0.15, 0.2) is 97.3 Å². The highest BCUT2D eigenvalue weighted by atomic mass is 16.6. The van der Waals surface area contributed by atoms with Crippen molar-refractivity contribution in [2.24, 2.45) is 0 Å². The minimum atomic E-state index is -1.18. The van der Waals surface area contributed by atoms with Gasteiger partial charge in [-0.3, -0.25) is 14.9 Å². The highest BCUT2D eigenvalue weighted by Gasteiger charge is 2.51. The maximum atomic E-state index is 14.2. The lowest BCUT2D eigenvalue weighted by Gasteiger charge is -2.43. The third kappa shape index (κ3) is 11.4. The summed E-state index contributed by atoms with van der Waals surface area (Å²) in [6.07, 6.45) is 5.15. The van der Waals surface area contributed by atoms with Crippen molar-refractivity contribution in [3.05, 3.63) is 120 Å². The van der Waals surface area contributed by atoms with Crippen molar-refractivity contribution in [3.8, 4) is 0 Å². The Morgan fingerprint density at radius 3 is 2.32 bits per heavy atom. The van der Waals surface area contributed by atoms with Gasteiger partial charge >= 0.3 is 12.0 Å². The van der Waals surface area contributed by atoms with E-state index in [9.17, 15) is 24.3 Å². The van der Waals surface area contributed by atoms with Gasteiger partial charge in [0.05, 0.1) is 24.7 Å². The molecule has 1 spiro atoms. The van der Waals surface area contributed by atoms with Crippen LogP contribution in [0.5, 0.6) is 0 Å². The molecule has 7 rings (SSSR count). The van der Waals surface area contributed by atoms with E-state index in [1.54, 1.807) is 45.7 Å². The monoisotopic (exact) mass is 889 g/mol. The van der Waals surface area contributed by atoms with E-state index in [-0.39, 0.29) is 18.5 Å². The number of aliphatic hydroxyl groups is 1. The smallest absolute Gasteiger partial charge is 0.329 e. The molecule has 0 aliphatic carbocycles. The summed E-state index contributed by atoms with van der Waals surface area (Å²) in [6.45, 7) is 10.7. The molecule has 3 atom stereocenters. The van der Waals surface area contributed by atoms with Crippen LogP contribution < -0.4 is 26.2 Å². The standard InChI is InChI=1S/C49H63N9O7/c1-47(2,3)65-42(59)38(22-14-15-25-50-46(63)64-31-33-16-8-6-9-17-33)54-43(60)48(4,5)40-30-52-41(56-40)39(28-34-29-51-37-21-13-12-20-36(34)37)55-45(62)57-26-23-49(24-27-57)44(61)53-32-58(49)35-18-10-7-11-19-35/h6-13,16-21,29-30,38-39,46,50-51,63H,14-15,22-28,31-32H2,1-5H3,(H,52,56)(H,53,61)(H,54,60)(H,55,62)/t38-,39-,46?/m1/s1. The number of urea groups is 1. The SMILES string of the molecule is CC(C)(C)OC(=O)[C@@H](CCCCNC(O)OCc1ccccc1)NC(=O)C(C)(C)c1cnc([C@@H](Cc2c[nH]c3ccccc23)NC(=O)N2CCC3(CC2)C(=O)NCN3c2ccccc2)[nH]1. The van der Waals surface area contributed by atoms with Crippen molar-refractivity contribution in [2.75, 3.05) is 31.2 Å². The highest BCUT2D eigenvalue weighted by Crippen LogP contribution is 2.36. The number of likely N-dealkylation sites (tertiary alicyclic amines) is 1. The number of piperidine rings is 1. The number of amides is 4. The van der Waals surface area contributed by atoms with Crippen LogP contribution in [0.3, 0.4) is 0 Å². The van der Waals surface area contributed by atoms with Gasteiger partial charge in [-0.2, -0.15) is 0 Å². The van der Waals surface area contributed by atoms with Crippen LogP contribution in [0.25, 0.3) is 10.9 Å². The Morgan fingerprint density at radius 1 is 0.908 bits per heavy atom. The molecule has 1 unspecified atom stereocenters. The van der Waals surface area contributed by atoms with Crippen LogP contribution in [0.1, 0.15) is 95.4 Å². The quantitative estimate of drug-likeness (QED) is 0.0326. The average Bonchev–Trinajstić information content (AvgIpc) is 4.03. The molecule has 3 aromatic carbocycles. The minimum Gasteiger partial charge on any atom is -0.458 e. The summed E-state index contributed by atoms with van der Waals surface area (Å²) in [5.74, 6) is -0.520. The number of aliphatic hydroxyl groups excluding tert-OH is 1. The molecule has 16 nitrogen and oxygen atoms in total. The number of anilines is 1. The number of benzene rings is 3. The van der Waals surface area contributed by atoms with E-state index in [1.807, 2.05) is 91.1 Å². The molecule has 4 amide bonds. The lowest BCUT2D eigenvalue weighted by molar-refractivity contribution is -0.159. The highest BCUT2D eigenvalue weighted by molar-refractivity contribution is 5.94. The topological polar surface area (TPSA) is 206 Å². The second-order valence-corrected chi connectivity index (χ2v) is 18.5. The number of aromatic nitrogens is 3. The summed E-state index contributed by atoms with van der Waals surface area (Å²) in [6, 6.07) is 25.5. The molecule has 2 aromatic heterocycles. The molecule has 65 heavy (non-hydrogen) atoms. The zero-order chi connectivity index (χ0) is 46.2. The number of esters is 1. The number of nitrogens with zero attached hydrogens (tertiary/aromatic N) is 3. The number of rotatable bonds is 18. The molecule has 346 valence electrons. The van der Waals surface area contributed by atoms with Gasteiger partial charge in [-0.1, -0.05) is 66.7 Å². The Kier molecular flexibility index (Phi) is 14.6. The molecular formula is C49H63N9O7. The van der Waals surface area contributed by atoms with E-state index in [1.165, 1.54) is 0 Å². The van der Waals surface area contributed by atoms with Gasteiger partial charge in [0.15, 0.2) is 0 Å². The number of hydrogen-bond acceptors (Lipinski definition) is 10. The molecular weight excluding hydrogens is 827 g/mol. The van der Waals surface area contributed by atoms with Crippen LogP contribution >= 0.6 is 0 Å². The van der Waals surface area contributed by atoms with E-state index in [4.69, 9.17) is 14.5 Å². The zero-order valence-corrected chi connectivity index (χ0v) is 38.0. The molecule has 2 aliphatic heterocycles. The third-order valence-corrected chi connectivity index (χ3v) is 12.3. The molecule has 4 heterocycles. The van der Waals surface area contributed by atoms with Gasteiger partial charge in [-0.05, 0) is 103 Å². The molecule has 2 saturated heterocycles. The summed E-state index contributed by atoms with van der Waals surface area (Å²) in [7, 11) is 0. The van der Waals surface area contributed by atoms with Gasteiger partial charge in [-0.25, -0.2) is 14.6 Å². The van der Waals surface area contributed by atoms with Gasteiger partial charge < -0.3 is 50.3 Å². The summed E-state index contributed by atoms with van der Waals surface area (Å²) in [5, 5.41) is 23.4. The number of para-hydroxylation sites is 2. The lowest BCUT2D eigenvalue weighted by Crippen LogP contribution is -2.58. The zero-order valence-electron chi connectivity index (χ0n) is 38.0. The van der Waals surface area contributed by atoms with E-state index in [0.717, 1.165) is 27.7 Å². The molecule has 2 fully saturated rings. The number of imidazole rings is 1. The van der Waals surface area contributed by atoms with E-state index >= 15 is 0 Å². The molecule has 2 aliphatic rings. The number of nitrogens with one attached hydrogen (secondary N) is 6. The van der Waals surface area contributed by atoms with Gasteiger partial charge in [0.2, 0.25) is 18.2 Å². The summed E-state index contributed by atoms with van der Waals surface area (Å²) in [5.41, 5.74) is 1.63. The average molecular weight is 890 g/mol. The van der Waals surface area contributed by atoms with Crippen LogP contribution in [-0.4, -0.2) is 98.7 Å². The van der Waals surface area contributed by atoms with Crippen molar-refractivity contribution in [3.63, 3.8) is 0 Å². The van der Waals surface area contributed by atoms with Crippen LogP contribution in [-0.2, 0) is 42.3 Å². The first kappa shape index (κ1) is 46.8. The normalized spacial score (nSPS) is 16.6. The Labute approximate surface area is 380 Å². The minimum absolute atomic E-state index is 0.0277. The maximum Gasteiger partial charge on any atom is 0.329 e. The Bertz CT molecular complexity index is 2390. The number of ether oxygens (including phenoxy) is 2. The number of H-pyrrole nitrogens is 2. The van der Waals surface area contributed by atoms with Gasteiger partial charge in [0.1, 0.15) is 23.0 Å². The lowest BCUT2D eigenvalue weighted by atomic mass is 9.85. The number of carbonyl (C=O) groups is 4. The number of carbonyl (C=O) groups excluding carboxylic acids is 4. The molecule has 16 heteroatoms. The number of unbranched alkanes of at least 4 members (excludes halogenated alkanes) is 1. The fourth-order valence-electron chi connectivity index (χ4n) is 8.51. The summed E-state index contributed by atoms with van der Waals surface area (Å²) >= 11 is 0. The van der Waals surface area contributed by atoms with Crippen LogP contribution in [0.2, 0.25) is 0 Å². The first-order valence-corrected chi connectivity index (χ1v) is 22.5. The van der Waals surface area contributed by atoms with Gasteiger partial charge in [0.25, 0.3) is 0 Å². The van der Waals surface area contributed by atoms with E-state index < -0.39 is 46.9 Å². The van der Waals surface area contributed by atoms with Gasteiger partial charge in [0, 0.05) is 54.2 Å². The largest absolute Gasteiger partial charge is 0.458 e. The van der Waals surface area contributed by atoms with Crippen molar-refractivity contribution in [2.45, 2.75) is 115 Å². The Hall–Kier alpha value is -6.23. The fourth-order valence-corrected chi connectivity index (χ4v) is 8.51. The number of fused-ring (bicyclic) bond motifs is 1. The molecule has 0 radical (unpaired) electrons. The maximum absolute atomic E-state index is 14.2. The molecule has 0 saturated carbocycles. The third-order valence-electron chi connectivity index (χ3n) is 12.3. The molecule has 7 N–H and O–H groups in total. The van der Waals surface area contributed by atoms with Crippen molar-refractivity contribution >= 4 is 40.4 Å². The first-order chi connectivity index (χ1) is 31.1. The Balaban J connectivity index is 1.02. The van der Waals surface area contributed by atoms with Gasteiger partial charge in [-0.15, -0.1) is 0 Å². The van der Waals surface area contributed by atoms with E-state index in [0.29, 0.717) is 76.3 Å². The predicted octanol–water partition coefficient (Wildman–Crippen LogP) is 5.67. The second kappa shape index (κ2) is 20.3. The first-order valence-electron chi connectivity index (χ1n) is 22.5. The van der Waals surface area contributed by atoms with E-state index in [2.05, 4.69) is 36.1 Å². The molecule has 0 bridgehead atoms. The van der Waals surface area contributed by atoms with Crippen molar-refractivity contribution in [1.29, 1.82) is 0 Å². The van der Waals surface area contributed by atoms with Crippen LogP contribution in [0.4, 0.5) is 10.5 Å². The predicted molar refractivity (Wildman–Crippen MR) is 247 cm³/mol. The second-order valence-electron chi connectivity index (χ2n) is 18.5. The summed E-state index contributed by atoms with van der Waals surface area (Å²) in [4.78, 5) is 70.5. The number of hydrogen-bond donors (Lipinski definition) is 7. The summed E-state index contributed by atoms with van der Waals surface area (Å²) < 4.78 is 11.2. The van der Waals surface area contributed by atoms with Crippen molar-refractivity contribution in [1.82, 2.24) is 41.1 Å². The fraction of sp³-hybridized carbons (Fsp3) is 0.449. The van der Waals surface area contributed by atoms with Crippen molar-refractivity contribution < 1.29 is 33.8 Å².